The van der Waals surface area contributed by atoms with E-state index in [1.807, 2.05) is 0 Å². The lowest BCUT2D eigenvalue weighted by Crippen LogP contribution is -1.86. The molecule has 0 aromatic heterocycles. The van der Waals surface area contributed by atoms with Crippen molar-refractivity contribution < 1.29 is 0 Å². The highest BCUT2D eigenvalue weighted by Crippen LogP contribution is 2.37. The van der Waals surface area contributed by atoms with Crippen molar-refractivity contribution in [2.45, 2.75) is 0 Å². The van der Waals surface area contributed by atoms with Crippen LogP contribution in [-0.2, 0) is 0 Å². The third-order valence-corrected chi connectivity index (χ3v) is 7.60. The second kappa shape index (κ2) is 6.93. The van der Waals surface area contributed by atoms with Gasteiger partial charge in [-0.05, 0) is 87.9 Å². The van der Waals surface area contributed by atoms with Crippen molar-refractivity contribution in [3.63, 3.8) is 0 Å². The largest absolute Gasteiger partial charge is 0.120 e. The summed E-state index contributed by atoms with van der Waals surface area (Å²) in [5.41, 5.74) is 5.91. The molecule has 0 heteroatoms. The Kier molecular flexibility index (Phi) is 3.71. The van der Waals surface area contributed by atoms with Gasteiger partial charge < -0.3 is 0 Å². The van der Waals surface area contributed by atoms with Crippen molar-refractivity contribution in [1.82, 2.24) is 0 Å². The summed E-state index contributed by atoms with van der Waals surface area (Å²) < 4.78 is 0. The summed E-state index contributed by atoms with van der Waals surface area (Å²) in [6.45, 7) is 0. The Labute approximate surface area is 202 Å². The molecule has 0 atom stereocenters. The van der Waals surface area contributed by atoms with Crippen molar-refractivity contribution >= 4 is 76.8 Å². The SMILES string of the molecule is C(=Cc1ccc2ccc3cccc4ccc1c2c34)=Cc1ccc2ccc3cccc4ccc1c2c34. The Bertz CT molecular complexity index is 1950. The fourth-order valence-electron chi connectivity index (χ4n) is 5.99. The Balaban J connectivity index is 1.33. The van der Waals surface area contributed by atoms with E-state index in [0.717, 1.165) is 0 Å². The van der Waals surface area contributed by atoms with Gasteiger partial charge in [0.05, 0.1) is 0 Å². The van der Waals surface area contributed by atoms with Gasteiger partial charge in [-0.1, -0.05) is 109 Å². The fourth-order valence-corrected chi connectivity index (χ4v) is 5.99. The summed E-state index contributed by atoms with van der Waals surface area (Å²) in [5, 5.41) is 15.7. The Morgan fingerprint density at radius 2 is 0.686 bits per heavy atom. The maximum atomic E-state index is 3.52. The molecule has 0 bridgehead atoms. The monoisotopic (exact) mass is 440 g/mol. The van der Waals surface area contributed by atoms with E-state index in [-0.39, 0.29) is 0 Å². The summed E-state index contributed by atoms with van der Waals surface area (Å²) in [6.07, 6.45) is 4.26. The van der Waals surface area contributed by atoms with Gasteiger partial charge in [-0.25, -0.2) is 0 Å². The number of hydrogen-bond acceptors (Lipinski definition) is 0. The molecule has 0 nitrogen and oxygen atoms in total. The van der Waals surface area contributed by atoms with Crippen molar-refractivity contribution in [1.29, 1.82) is 0 Å². The molecule has 0 amide bonds. The molecule has 0 aliphatic rings. The first kappa shape index (κ1) is 18.7. The van der Waals surface area contributed by atoms with Gasteiger partial charge in [0, 0.05) is 0 Å². The van der Waals surface area contributed by atoms with Gasteiger partial charge >= 0.3 is 0 Å². The molecule has 8 aromatic carbocycles. The molecule has 160 valence electrons. The van der Waals surface area contributed by atoms with Crippen LogP contribution in [-0.4, -0.2) is 0 Å². The maximum Gasteiger partial charge on any atom is -0.00206 e. The first-order valence-electron chi connectivity index (χ1n) is 12.1. The summed E-state index contributed by atoms with van der Waals surface area (Å²) >= 11 is 0. The highest BCUT2D eigenvalue weighted by atomic mass is 14.1. The van der Waals surface area contributed by atoms with Crippen molar-refractivity contribution in [3.05, 3.63) is 126 Å². The average molecular weight is 441 g/mol. The van der Waals surface area contributed by atoms with Crippen molar-refractivity contribution in [2.24, 2.45) is 0 Å². The van der Waals surface area contributed by atoms with Crippen LogP contribution in [0.15, 0.2) is 115 Å². The van der Waals surface area contributed by atoms with E-state index in [1.165, 1.54) is 75.8 Å². The van der Waals surface area contributed by atoms with Crippen molar-refractivity contribution in [2.75, 3.05) is 0 Å². The normalized spacial score (nSPS) is 11.9. The van der Waals surface area contributed by atoms with Crippen LogP contribution < -0.4 is 0 Å². The predicted molar refractivity (Wildman–Crippen MR) is 153 cm³/mol. The van der Waals surface area contributed by atoms with E-state index < -0.39 is 0 Å². The van der Waals surface area contributed by atoms with Crippen LogP contribution in [0.3, 0.4) is 0 Å². The minimum absolute atomic E-state index is 1.20. The van der Waals surface area contributed by atoms with Crippen LogP contribution in [0.5, 0.6) is 0 Å². The van der Waals surface area contributed by atoms with Gasteiger partial charge in [-0.15, -0.1) is 5.73 Å². The lowest BCUT2D eigenvalue weighted by Gasteiger charge is -2.12. The van der Waals surface area contributed by atoms with E-state index in [1.54, 1.807) is 0 Å². The number of benzene rings is 8. The van der Waals surface area contributed by atoms with Crippen LogP contribution in [0.25, 0.3) is 76.8 Å². The summed E-state index contributed by atoms with van der Waals surface area (Å²) in [6, 6.07) is 39.9. The van der Waals surface area contributed by atoms with Crippen LogP contribution in [0.4, 0.5) is 0 Å². The molecule has 8 aromatic rings. The minimum Gasteiger partial charge on any atom is -0.120 e. The lowest BCUT2D eigenvalue weighted by molar-refractivity contribution is 1.74. The first-order valence-corrected chi connectivity index (χ1v) is 12.1. The molecule has 35 heavy (non-hydrogen) atoms. The van der Waals surface area contributed by atoms with Gasteiger partial charge in [-0.2, -0.15) is 0 Å². The highest BCUT2D eigenvalue weighted by molar-refractivity contribution is 6.25. The van der Waals surface area contributed by atoms with Crippen molar-refractivity contribution in [3.8, 4) is 0 Å². The zero-order valence-corrected chi connectivity index (χ0v) is 19.0. The Morgan fingerprint density at radius 3 is 1.11 bits per heavy atom. The molecule has 0 N–H and O–H groups in total. The third-order valence-electron chi connectivity index (χ3n) is 7.60. The quantitative estimate of drug-likeness (QED) is 0.185. The molecular formula is C35H20. The molecule has 0 spiro atoms. The van der Waals surface area contributed by atoms with E-state index in [4.69, 9.17) is 0 Å². The van der Waals surface area contributed by atoms with Gasteiger partial charge in [0.15, 0.2) is 0 Å². The summed E-state index contributed by atoms with van der Waals surface area (Å²) in [5.74, 6) is 0. The van der Waals surface area contributed by atoms with E-state index in [9.17, 15) is 0 Å². The topological polar surface area (TPSA) is 0 Å². The smallest absolute Gasteiger partial charge is 0.00206 e. The second-order valence-corrected chi connectivity index (χ2v) is 9.48. The molecule has 0 aliphatic heterocycles. The van der Waals surface area contributed by atoms with Gasteiger partial charge in [0.2, 0.25) is 0 Å². The van der Waals surface area contributed by atoms with Gasteiger partial charge in [0.1, 0.15) is 0 Å². The first-order chi connectivity index (χ1) is 17.3. The van der Waals surface area contributed by atoms with Crippen LogP contribution in [0.1, 0.15) is 11.1 Å². The van der Waals surface area contributed by atoms with E-state index >= 15 is 0 Å². The molecule has 0 unspecified atom stereocenters. The minimum atomic E-state index is 1.20. The third kappa shape index (κ3) is 2.63. The zero-order valence-electron chi connectivity index (χ0n) is 19.0. The summed E-state index contributed by atoms with van der Waals surface area (Å²) in [4.78, 5) is 0. The van der Waals surface area contributed by atoms with Crippen LogP contribution in [0, 0.1) is 0 Å². The van der Waals surface area contributed by atoms with Gasteiger partial charge in [0.25, 0.3) is 0 Å². The van der Waals surface area contributed by atoms with E-state index in [0.29, 0.717) is 0 Å². The van der Waals surface area contributed by atoms with Crippen LogP contribution in [0.2, 0.25) is 0 Å². The maximum absolute atomic E-state index is 3.52. The molecule has 0 fully saturated rings. The average Bonchev–Trinajstić information content (AvgIpc) is 2.91. The second-order valence-electron chi connectivity index (χ2n) is 9.48. The predicted octanol–water partition coefficient (Wildman–Crippen LogP) is 9.81. The summed E-state index contributed by atoms with van der Waals surface area (Å²) in [7, 11) is 0. The highest BCUT2D eigenvalue weighted by Gasteiger charge is 2.11. The fraction of sp³-hybridized carbons (Fsp3) is 0. The molecule has 0 aliphatic carbocycles. The number of rotatable bonds is 2. The molecule has 0 saturated carbocycles. The molecular weight excluding hydrogens is 420 g/mol. The van der Waals surface area contributed by atoms with Gasteiger partial charge in [-0.3, -0.25) is 0 Å². The molecule has 0 saturated heterocycles. The van der Waals surface area contributed by atoms with Crippen LogP contribution >= 0.6 is 0 Å². The molecule has 8 rings (SSSR count). The lowest BCUT2D eigenvalue weighted by atomic mass is 9.91. The molecule has 0 heterocycles. The van der Waals surface area contributed by atoms with E-state index in [2.05, 4.69) is 127 Å². The standard InChI is InChI=1S/C35H20/c1(4-22-10-12-28-16-14-24-6-2-8-26-18-20-30(22)34(28)32(24)26)5-23-11-13-29-17-15-25-7-3-9-27-19-21-31(23)35(29)33(25)27/h2-21H. The zero-order chi connectivity index (χ0) is 22.9. The molecule has 0 radical (unpaired) electrons. The Hall–Kier alpha value is -4.64. The Morgan fingerprint density at radius 1 is 0.343 bits per heavy atom. The number of hydrogen-bond donors (Lipinski definition) is 0.